The van der Waals surface area contributed by atoms with E-state index in [1.807, 2.05) is 0 Å². The number of aliphatic hydroxyl groups is 8. The highest BCUT2D eigenvalue weighted by molar-refractivity contribution is 7.82. The van der Waals surface area contributed by atoms with Gasteiger partial charge in [-0.15, -0.1) is 0 Å². The maximum atomic E-state index is 12.5. The summed E-state index contributed by atoms with van der Waals surface area (Å²) in [5, 5.41) is 86.2. The lowest BCUT2D eigenvalue weighted by molar-refractivity contribution is -0.376. The molecule has 0 saturated carbocycles. The zero-order valence-corrected chi connectivity index (χ0v) is 48.2. The molecule has 9 aliphatic heterocycles. The van der Waals surface area contributed by atoms with E-state index in [0.717, 1.165) is 0 Å². The van der Waals surface area contributed by atoms with E-state index in [1.165, 1.54) is 0 Å². The molecule has 512 valence electrons. The van der Waals surface area contributed by atoms with Crippen molar-refractivity contribution in [1.29, 1.82) is 0 Å². The third kappa shape index (κ3) is 16.3. The summed E-state index contributed by atoms with van der Waals surface area (Å²) in [6.07, 6.45) is -65.1. The van der Waals surface area contributed by atoms with Gasteiger partial charge in [0.15, 0.2) is 56.1 Å². The highest BCUT2D eigenvalue weighted by atomic mass is 32.3. The molecule has 9 heterocycles. The van der Waals surface area contributed by atoms with Crippen molar-refractivity contribution in [2.24, 2.45) is 0 Å². The molecule has 0 aliphatic carbocycles. The fourth-order valence-electron chi connectivity index (χ4n) is 11.0. The van der Waals surface area contributed by atoms with Gasteiger partial charge in [0.2, 0.25) is 0 Å². The Labute approximate surface area is 494 Å². The van der Waals surface area contributed by atoms with Gasteiger partial charge in [0.05, 0.1) is 39.6 Å². The molecule has 6 bridgehead atoms. The minimum absolute atomic E-state index is 0.468. The number of hydrogen-bond acceptors (Lipinski definition) is 40. The summed E-state index contributed by atoms with van der Waals surface area (Å²) in [7, 11) is -33.9. The van der Waals surface area contributed by atoms with E-state index >= 15 is 0 Å². The van der Waals surface area contributed by atoms with Gasteiger partial charge in [-0.05, 0) is 0 Å². The maximum absolute atomic E-state index is 12.5. The summed E-state index contributed by atoms with van der Waals surface area (Å²) in [4.78, 5) is 0. The van der Waals surface area contributed by atoms with Crippen LogP contribution < -0.4 is 0 Å². The van der Waals surface area contributed by atoms with E-state index < -0.39 is 286 Å². The molecule has 0 radical (unpaired) electrons. The topological polar surface area (TPSA) is 673 Å². The van der Waals surface area contributed by atoms with E-state index in [-0.39, 0.29) is 0 Å². The van der Waals surface area contributed by atoms with Gasteiger partial charge in [-0.1, -0.05) is 0 Å². The predicted molar refractivity (Wildman–Crippen MR) is 252 cm³/mol. The standard InChI is InChI=1S/C36H56O46S6/c37-1-7-19(77-83(45,46)47)23(14(41)31(44)66-7)74-35-29(81-87(57,58)59)26-17(11(70-35)5-64-26)72-33-16(43)25(21(9(3-39)68-33)79-85(51,52)53)76-36-30(82-88(60,61)62)27-18(12(71-36)6-65-27)73-32-15(42)24(20(8(2-38)67-32)78-84(48,49)50)75-34-28(80-86(54,55)56)22-13(40)10(69-34)4-63-22/h7-44H,1-6H2,(H,45,46,47)(H,48,49,50)(H,51,52,53)(H,54,55,56)(H,57,58,59)(H,60,61,62)/t7-,8-,9-,10-,11-,12-,13+,14-,15-,16-,17+,18+,19+,20+,21+,22+,23-,24-,25-,26+,27+,28-,29-,30-,31?,32+,33+,34-,35-,36-/m1/s1. The summed E-state index contributed by atoms with van der Waals surface area (Å²) in [6.45, 7) is -5.84. The Morgan fingerprint density at radius 2 is 0.568 bits per heavy atom. The van der Waals surface area contributed by atoms with Crippen molar-refractivity contribution < 1.29 is 210 Å². The van der Waals surface area contributed by atoms with Crippen LogP contribution >= 0.6 is 0 Å². The van der Waals surface area contributed by atoms with Gasteiger partial charge in [-0.2, -0.15) is 50.5 Å². The molecule has 0 aromatic heterocycles. The van der Waals surface area contributed by atoms with Crippen LogP contribution in [-0.4, -0.2) is 343 Å². The van der Waals surface area contributed by atoms with Gasteiger partial charge in [0, 0.05) is 0 Å². The van der Waals surface area contributed by atoms with E-state index in [4.69, 9.17) is 78.9 Å². The van der Waals surface area contributed by atoms with Crippen LogP contribution in [0.25, 0.3) is 0 Å². The minimum Gasteiger partial charge on any atom is -0.394 e. The summed E-state index contributed by atoms with van der Waals surface area (Å²) in [6, 6.07) is 0. The van der Waals surface area contributed by atoms with Crippen LogP contribution in [0.1, 0.15) is 0 Å². The monoisotopic (exact) mass is 1420 g/mol. The van der Waals surface area contributed by atoms with Crippen LogP contribution in [0.3, 0.4) is 0 Å². The second-order valence-corrected chi connectivity index (χ2v) is 26.4. The van der Waals surface area contributed by atoms with Crippen molar-refractivity contribution >= 4 is 62.4 Å². The number of hydrogen-bond donors (Lipinski definition) is 14. The smallest absolute Gasteiger partial charge is 0.394 e. The fourth-order valence-corrected chi connectivity index (χ4v) is 14.0. The lowest BCUT2D eigenvalue weighted by atomic mass is 9.96. The molecule has 9 aliphatic rings. The molecule has 0 aromatic rings. The molecule has 52 heteroatoms. The first kappa shape index (κ1) is 70.7. The number of rotatable bonds is 25. The molecule has 0 amide bonds. The first-order valence-corrected chi connectivity index (χ1v) is 33.1. The molecule has 9 rings (SSSR count). The van der Waals surface area contributed by atoms with Crippen LogP contribution in [0, 0.1) is 0 Å². The second-order valence-electron chi connectivity index (χ2n) is 20.1. The van der Waals surface area contributed by atoms with Crippen LogP contribution in [0.15, 0.2) is 0 Å². The molecule has 0 aromatic carbocycles. The zero-order valence-electron chi connectivity index (χ0n) is 43.3. The summed E-state index contributed by atoms with van der Waals surface area (Å²) >= 11 is 0. The summed E-state index contributed by atoms with van der Waals surface area (Å²) < 4.78 is 311. The van der Waals surface area contributed by atoms with Crippen molar-refractivity contribution in [2.45, 2.75) is 184 Å². The third-order valence-corrected chi connectivity index (χ3v) is 17.2. The summed E-state index contributed by atoms with van der Waals surface area (Å²) in [5.41, 5.74) is 0. The molecule has 9 fully saturated rings. The Morgan fingerprint density at radius 3 is 0.909 bits per heavy atom. The van der Waals surface area contributed by atoms with Crippen molar-refractivity contribution in [3.8, 4) is 0 Å². The van der Waals surface area contributed by atoms with Gasteiger partial charge < -0.3 is 107 Å². The SMILES string of the molecule is O=S(=O)(O)O[C@@H]1[C@H](O[C@H]2O[C@@H]3CO[C@@H]([C@H]3O[C@@H]3O[C@H](CO)[C@H](OS(=O)(=O)O)[C@H](O[C@H]4O[C@@H]5CO[C@@H]([C@H]5O)[C@H]4OS(=O)(=O)O)[C@H]3O)[C@H]2OS(=O)(=O)O)[C@@H](O)[C@H](O[C@@H]2[C@@H]3OC[C@H]2O[C@H](O[C@H]2[C@@H](OS(=O)(=O)O)[C@@H](CO)OC(O)[C@@H]2O)[C@@H]3OS(=O)(=O)O)O[C@@H]1CO. The molecule has 30 atom stereocenters. The Bertz CT molecular complexity index is 3120. The van der Waals surface area contributed by atoms with E-state index in [0.29, 0.717) is 0 Å². The van der Waals surface area contributed by atoms with Crippen LogP contribution in [0.4, 0.5) is 0 Å². The quantitative estimate of drug-likeness (QED) is 0.0378. The first-order chi connectivity index (χ1) is 40.7. The molecular weight excluding hydrogens is 1360 g/mol. The second kappa shape index (κ2) is 26.9. The van der Waals surface area contributed by atoms with Gasteiger partial charge in [-0.25, -0.2) is 25.1 Å². The fraction of sp³-hybridized carbons (Fsp3) is 1.00. The normalized spacial score (nSPS) is 46.0. The van der Waals surface area contributed by atoms with E-state index in [1.54, 1.807) is 0 Å². The van der Waals surface area contributed by atoms with Gasteiger partial charge in [0.25, 0.3) is 0 Å². The molecule has 46 nitrogen and oxygen atoms in total. The molecule has 88 heavy (non-hydrogen) atoms. The number of ether oxygens (including phenoxy) is 14. The molecule has 14 N–H and O–H groups in total. The van der Waals surface area contributed by atoms with Crippen molar-refractivity contribution in [1.82, 2.24) is 0 Å². The van der Waals surface area contributed by atoms with Gasteiger partial charge >= 0.3 is 62.4 Å². The van der Waals surface area contributed by atoms with Crippen LogP contribution in [0.5, 0.6) is 0 Å². The first-order valence-electron chi connectivity index (χ1n) is 25.0. The maximum Gasteiger partial charge on any atom is 0.397 e. The van der Waals surface area contributed by atoms with Crippen LogP contribution in [0.2, 0.25) is 0 Å². The minimum atomic E-state index is -5.80. The van der Waals surface area contributed by atoms with Crippen molar-refractivity contribution in [3.63, 3.8) is 0 Å². The average molecular weight is 1420 g/mol. The van der Waals surface area contributed by atoms with Crippen molar-refractivity contribution in [3.05, 3.63) is 0 Å². The van der Waals surface area contributed by atoms with Gasteiger partial charge in [-0.3, -0.25) is 27.3 Å². The Morgan fingerprint density at radius 1 is 0.295 bits per heavy atom. The lowest BCUT2D eigenvalue weighted by Crippen LogP contribution is -2.67. The molecule has 1 unspecified atom stereocenters. The number of aliphatic hydroxyl groups excluding tert-OH is 8. The Kier molecular flexibility index (Phi) is 21.6. The molecular formula is C36H56O46S6. The van der Waals surface area contributed by atoms with E-state index in [9.17, 15) is 119 Å². The Hall–Kier alpha value is -1.66. The lowest BCUT2D eigenvalue weighted by Gasteiger charge is -2.49. The highest BCUT2D eigenvalue weighted by Gasteiger charge is 2.64. The average Bonchev–Trinajstić information content (AvgIpc) is 2.22. The highest BCUT2D eigenvalue weighted by Crippen LogP contribution is 2.44. The molecule has 9 saturated heterocycles. The van der Waals surface area contributed by atoms with Crippen LogP contribution in [-0.2, 0) is 154 Å². The third-order valence-electron chi connectivity index (χ3n) is 14.4. The van der Waals surface area contributed by atoms with E-state index in [2.05, 4.69) is 12.5 Å². The summed E-state index contributed by atoms with van der Waals surface area (Å²) in [5.74, 6) is 0. The predicted octanol–water partition coefficient (Wildman–Crippen LogP) is -12.0. The number of fused-ring (bicyclic) bond motifs is 6. The Balaban J connectivity index is 0.975. The zero-order chi connectivity index (χ0) is 64.7. The molecule has 0 spiro atoms. The van der Waals surface area contributed by atoms with Gasteiger partial charge in [0.1, 0.15) is 128 Å². The largest absolute Gasteiger partial charge is 0.397 e. The van der Waals surface area contributed by atoms with Crippen molar-refractivity contribution in [2.75, 3.05) is 39.6 Å².